The second-order valence-corrected chi connectivity index (χ2v) is 4.66. The molecule has 0 aliphatic heterocycles. The standard InChI is InChI=1S/C10H15N3/c1-7-4-9(11)12-13(7)6-8-5-10(8)2-3-10/h4,8H,2-3,5-6H2,1H3,(H2,11,12). The summed E-state index contributed by atoms with van der Waals surface area (Å²) in [6.45, 7) is 3.16. The summed E-state index contributed by atoms with van der Waals surface area (Å²) in [6, 6.07) is 1.95. The van der Waals surface area contributed by atoms with Gasteiger partial charge in [0.2, 0.25) is 0 Å². The summed E-state index contributed by atoms with van der Waals surface area (Å²) < 4.78 is 2.06. The normalized spacial score (nSPS) is 27.9. The van der Waals surface area contributed by atoms with Crippen LogP contribution in [0, 0.1) is 18.3 Å². The second kappa shape index (κ2) is 2.08. The van der Waals surface area contributed by atoms with Gasteiger partial charge in [-0.1, -0.05) is 0 Å². The lowest BCUT2D eigenvalue weighted by Gasteiger charge is -2.01. The van der Waals surface area contributed by atoms with Crippen molar-refractivity contribution in [3.63, 3.8) is 0 Å². The fourth-order valence-corrected chi connectivity index (χ4v) is 2.39. The lowest BCUT2D eigenvalue weighted by Crippen LogP contribution is -2.05. The van der Waals surface area contributed by atoms with Gasteiger partial charge < -0.3 is 5.73 Å². The van der Waals surface area contributed by atoms with Gasteiger partial charge in [0.1, 0.15) is 5.82 Å². The molecule has 1 atom stereocenters. The third-order valence-corrected chi connectivity index (χ3v) is 3.64. The van der Waals surface area contributed by atoms with Crippen LogP contribution in [0.1, 0.15) is 25.0 Å². The smallest absolute Gasteiger partial charge is 0.145 e. The molecule has 0 radical (unpaired) electrons. The van der Waals surface area contributed by atoms with Gasteiger partial charge in [0, 0.05) is 18.3 Å². The van der Waals surface area contributed by atoms with E-state index in [0.29, 0.717) is 5.82 Å². The van der Waals surface area contributed by atoms with Gasteiger partial charge in [-0.15, -0.1) is 0 Å². The number of hydrogen-bond acceptors (Lipinski definition) is 2. The molecule has 0 aromatic carbocycles. The Bertz CT molecular complexity index is 349. The third-order valence-electron chi connectivity index (χ3n) is 3.64. The largest absolute Gasteiger partial charge is 0.382 e. The molecule has 2 aliphatic rings. The quantitative estimate of drug-likeness (QED) is 0.745. The van der Waals surface area contributed by atoms with Crippen LogP contribution in [0.25, 0.3) is 0 Å². The van der Waals surface area contributed by atoms with Gasteiger partial charge in [0.05, 0.1) is 0 Å². The van der Waals surface area contributed by atoms with Crippen molar-refractivity contribution in [3.05, 3.63) is 11.8 Å². The zero-order valence-corrected chi connectivity index (χ0v) is 7.95. The SMILES string of the molecule is Cc1cc(N)nn1CC1CC12CC2. The zero-order chi connectivity index (χ0) is 9.05. The maximum absolute atomic E-state index is 5.63. The van der Waals surface area contributed by atoms with E-state index < -0.39 is 0 Å². The highest BCUT2D eigenvalue weighted by molar-refractivity contribution is 5.29. The summed E-state index contributed by atoms with van der Waals surface area (Å²) in [7, 11) is 0. The zero-order valence-electron chi connectivity index (χ0n) is 7.95. The van der Waals surface area contributed by atoms with Crippen molar-refractivity contribution >= 4 is 5.82 Å². The molecule has 0 bridgehead atoms. The van der Waals surface area contributed by atoms with Gasteiger partial charge in [0.25, 0.3) is 0 Å². The summed E-state index contributed by atoms with van der Waals surface area (Å²) in [4.78, 5) is 0. The number of hydrogen-bond donors (Lipinski definition) is 1. The Labute approximate surface area is 77.9 Å². The molecule has 2 aliphatic carbocycles. The molecular weight excluding hydrogens is 162 g/mol. The average molecular weight is 177 g/mol. The molecule has 70 valence electrons. The topological polar surface area (TPSA) is 43.8 Å². The first kappa shape index (κ1) is 7.42. The van der Waals surface area contributed by atoms with Crippen LogP contribution in [0.5, 0.6) is 0 Å². The van der Waals surface area contributed by atoms with Crippen LogP contribution in [0.15, 0.2) is 6.07 Å². The van der Waals surface area contributed by atoms with E-state index >= 15 is 0 Å². The minimum atomic E-state index is 0.656. The second-order valence-electron chi connectivity index (χ2n) is 4.66. The summed E-state index contributed by atoms with van der Waals surface area (Å²) in [5.74, 6) is 1.55. The van der Waals surface area contributed by atoms with Gasteiger partial charge in [-0.25, -0.2) is 0 Å². The predicted octanol–water partition coefficient (Wildman–Crippen LogP) is 1.57. The number of aryl methyl sites for hydroxylation is 1. The highest BCUT2D eigenvalue weighted by atomic mass is 15.3. The molecule has 3 heteroatoms. The van der Waals surface area contributed by atoms with Crippen LogP contribution in [0.4, 0.5) is 5.82 Å². The Balaban J connectivity index is 1.75. The van der Waals surface area contributed by atoms with Crippen LogP contribution in [0.3, 0.4) is 0 Å². The maximum Gasteiger partial charge on any atom is 0.145 e. The summed E-state index contributed by atoms with van der Waals surface area (Å²) in [5.41, 5.74) is 7.59. The molecule has 1 spiro atoms. The fourth-order valence-electron chi connectivity index (χ4n) is 2.39. The Morgan fingerprint density at radius 3 is 2.92 bits per heavy atom. The highest BCUT2D eigenvalue weighted by Gasteiger charge is 2.62. The van der Waals surface area contributed by atoms with Gasteiger partial charge in [-0.3, -0.25) is 4.68 Å². The van der Waals surface area contributed by atoms with Crippen molar-refractivity contribution in [2.75, 3.05) is 5.73 Å². The Kier molecular flexibility index (Phi) is 1.19. The van der Waals surface area contributed by atoms with E-state index in [1.165, 1.54) is 25.0 Å². The van der Waals surface area contributed by atoms with E-state index in [9.17, 15) is 0 Å². The third kappa shape index (κ3) is 1.06. The Morgan fingerprint density at radius 2 is 2.46 bits per heavy atom. The van der Waals surface area contributed by atoms with Crippen LogP contribution >= 0.6 is 0 Å². The lowest BCUT2D eigenvalue weighted by atomic mass is 10.3. The minimum absolute atomic E-state index is 0.656. The molecule has 13 heavy (non-hydrogen) atoms. The van der Waals surface area contributed by atoms with Crippen molar-refractivity contribution < 1.29 is 0 Å². The maximum atomic E-state index is 5.63. The molecule has 0 saturated heterocycles. The van der Waals surface area contributed by atoms with E-state index in [4.69, 9.17) is 5.73 Å². The molecule has 2 N–H and O–H groups in total. The van der Waals surface area contributed by atoms with Crippen molar-refractivity contribution in [2.45, 2.75) is 32.7 Å². The first-order chi connectivity index (χ1) is 6.20. The summed E-state index contributed by atoms with van der Waals surface area (Å²) >= 11 is 0. The number of nitrogens with two attached hydrogens (primary N) is 1. The van der Waals surface area contributed by atoms with Crippen LogP contribution in [-0.4, -0.2) is 9.78 Å². The van der Waals surface area contributed by atoms with Crippen molar-refractivity contribution in [1.82, 2.24) is 9.78 Å². The first-order valence-electron chi connectivity index (χ1n) is 5.00. The summed E-state index contributed by atoms with van der Waals surface area (Å²) in [5, 5.41) is 4.28. The molecule has 2 fully saturated rings. The Morgan fingerprint density at radius 1 is 1.69 bits per heavy atom. The van der Waals surface area contributed by atoms with E-state index in [1.807, 2.05) is 6.07 Å². The molecule has 1 heterocycles. The van der Waals surface area contributed by atoms with Crippen molar-refractivity contribution in [2.24, 2.45) is 11.3 Å². The molecule has 1 aromatic heterocycles. The molecule has 3 rings (SSSR count). The van der Waals surface area contributed by atoms with Crippen LogP contribution in [0.2, 0.25) is 0 Å². The minimum Gasteiger partial charge on any atom is -0.382 e. The average Bonchev–Trinajstić information content (AvgIpc) is 2.92. The van der Waals surface area contributed by atoms with E-state index in [0.717, 1.165) is 17.9 Å². The van der Waals surface area contributed by atoms with Crippen LogP contribution in [-0.2, 0) is 6.54 Å². The van der Waals surface area contributed by atoms with Gasteiger partial charge in [-0.05, 0) is 37.5 Å². The fraction of sp³-hybridized carbons (Fsp3) is 0.700. The summed E-state index contributed by atoms with van der Waals surface area (Å²) in [6.07, 6.45) is 4.33. The monoisotopic (exact) mass is 177 g/mol. The predicted molar refractivity (Wildman–Crippen MR) is 51.2 cm³/mol. The molecule has 0 amide bonds. The van der Waals surface area contributed by atoms with Crippen LogP contribution < -0.4 is 5.73 Å². The van der Waals surface area contributed by atoms with E-state index in [2.05, 4.69) is 16.7 Å². The number of rotatable bonds is 2. The van der Waals surface area contributed by atoms with Gasteiger partial charge in [0.15, 0.2) is 0 Å². The molecule has 1 unspecified atom stereocenters. The lowest BCUT2D eigenvalue weighted by molar-refractivity contribution is 0.517. The molecular formula is C10H15N3. The van der Waals surface area contributed by atoms with Crippen molar-refractivity contribution in [3.8, 4) is 0 Å². The number of nitrogens with zero attached hydrogens (tertiary/aromatic N) is 2. The number of anilines is 1. The molecule has 3 nitrogen and oxygen atoms in total. The Hall–Kier alpha value is -0.990. The highest BCUT2D eigenvalue weighted by Crippen LogP contribution is 2.70. The van der Waals surface area contributed by atoms with Gasteiger partial charge >= 0.3 is 0 Å². The van der Waals surface area contributed by atoms with Gasteiger partial charge in [-0.2, -0.15) is 5.10 Å². The molecule has 2 saturated carbocycles. The number of aromatic nitrogens is 2. The first-order valence-corrected chi connectivity index (χ1v) is 5.00. The van der Waals surface area contributed by atoms with Crippen molar-refractivity contribution in [1.29, 1.82) is 0 Å². The van der Waals surface area contributed by atoms with E-state index in [-0.39, 0.29) is 0 Å². The van der Waals surface area contributed by atoms with E-state index in [1.54, 1.807) is 0 Å². The number of nitrogen functional groups attached to an aromatic ring is 1. The molecule has 1 aromatic rings.